The lowest BCUT2D eigenvalue weighted by molar-refractivity contribution is -0.135. The van der Waals surface area contributed by atoms with Crippen LogP contribution in [0.1, 0.15) is 95.1 Å². The summed E-state index contributed by atoms with van der Waals surface area (Å²) in [5, 5.41) is 3.97. The molecule has 3 unspecified atom stereocenters. The molecule has 3 aromatic carbocycles. The SMILES string of the molecule is C#Cc1c(F)ccc2cccc(-c3ncc4c(N5CC6CCC(C5)N6C)nc(OC[C@@]56CCCN5[C@H](COC(=O)N5CCC(CC7CCN(c8cccc9c8n(C)c(=O)n9C8CCC(=O)NC8=O)CC7)CC5)CC6)nc4c3F)c12. The van der Waals surface area contributed by atoms with Crippen molar-refractivity contribution in [1.29, 1.82) is 0 Å². The van der Waals surface area contributed by atoms with Gasteiger partial charge in [0.25, 0.3) is 0 Å². The molecule has 3 aromatic heterocycles. The van der Waals surface area contributed by atoms with Gasteiger partial charge in [-0.15, -0.1) is 6.42 Å². The van der Waals surface area contributed by atoms with Crippen LogP contribution in [0, 0.1) is 35.8 Å². The Morgan fingerprint density at radius 3 is 2.38 bits per heavy atom. The highest BCUT2D eigenvalue weighted by Crippen LogP contribution is 2.44. The van der Waals surface area contributed by atoms with Gasteiger partial charge >= 0.3 is 17.8 Å². The van der Waals surface area contributed by atoms with E-state index in [1.807, 2.05) is 23.1 Å². The summed E-state index contributed by atoms with van der Waals surface area (Å²) in [5.41, 5.74) is 2.44. The Labute approximate surface area is 457 Å². The summed E-state index contributed by atoms with van der Waals surface area (Å²) in [7, 11) is 3.92. The normalized spacial score (nSPS) is 25.2. The summed E-state index contributed by atoms with van der Waals surface area (Å²) in [6.45, 7) is 5.97. The number of imide groups is 1. The van der Waals surface area contributed by atoms with Crippen molar-refractivity contribution in [3.63, 3.8) is 0 Å². The Morgan fingerprint density at radius 2 is 1.62 bits per heavy atom. The highest BCUT2D eigenvalue weighted by Gasteiger charge is 2.50. The number of imidazole rings is 1. The van der Waals surface area contributed by atoms with Crippen LogP contribution in [0.4, 0.5) is 25.1 Å². The van der Waals surface area contributed by atoms with Crippen molar-refractivity contribution in [2.24, 2.45) is 18.9 Å². The number of carbonyl (C=O) groups excluding carboxylic acids is 3. The number of para-hydroxylation sites is 1. The molecule has 79 heavy (non-hydrogen) atoms. The maximum Gasteiger partial charge on any atom is 0.409 e. The van der Waals surface area contributed by atoms with Gasteiger partial charge in [-0.05, 0) is 126 Å². The van der Waals surface area contributed by atoms with E-state index in [1.165, 1.54) is 6.07 Å². The van der Waals surface area contributed by atoms with Crippen molar-refractivity contribution < 1.29 is 32.6 Å². The number of hydrogen-bond acceptors (Lipinski definition) is 13. The van der Waals surface area contributed by atoms with Crippen LogP contribution in [0.2, 0.25) is 0 Å². The number of ether oxygens (including phenoxy) is 2. The maximum absolute atomic E-state index is 17.3. The number of rotatable bonds is 11. The number of aryl methyl sites for hydroxylation is 1. The zero-order valence-corrected chi connectivity index (χ0v) is 45.0. The topological polar surface area (TPSA) is 164 Å². The lowest BCUT2D eigenvalue weighted by Crippen LogP contribution is -2.52. The Morgan fingerprint density at radius 1 is 0.861 bits per heavy atom. The van der Waals surface area contributed by atoms with Gasteiger partial charge in [0.15, 0.2) is 5.82 Å². The fourth-order valence-electron chi connectivity index (χ4n) is 14.9. The van der Waals surface area contributed by atoms with Gasteiger partial charge in [-0.3, -0.25) is 38.8 Å². The molecule has 3 amide bonds. The molecule has 7 saturated heterocycles. The van der Waals surface area contributed by atoms with Crippen molar-refractivity contribution in [1.82, 2.24) is 44.1 Å². The second-order valence-electron chi connectivity index (χ2n) is 23.4. The molecule has 17 nitrogen and oxygen atoms in total. The van der Waals surface area contributed by atoms with Crippen LogP contribution in [-0.2, 0) is 21.4 Å². The van der Waals surface area contributed by atoms with Gasteiger partial charge in [-0.25, -0.2) is 18.4 Å². The molecule has 0 radical (unpaired) electrons. The molecule has 5 atom stereocenters. The summed E-state index contributed by atoms with van der Waals surface area (Å²) in [6.07, 6.45) is 18.5. The number of pyridine rings is 1. The fraction of sp³-hybridized carbons (Fsp3) is 0.517. The van der Waals surface area contributed by atoms with E-state index in [0.29, 0.717) is 89.7 Å². The molecule has 6 aromatic rings. The molecule has 2 bridgehead atoms. The molecule has 0 spiro atoms. The second-order valence-corrected chi connectivity index (χ2v) is 23.4. The number of likely N-dealkylation sites (N-methyl/N-ethyl adjacent to an activating group) is 1. The van der Waals surface area contributed by atoms with Crippen LogP contribution in [0.3, 0.4) is 0 Å². The van der Waals surface area contributed by atoms with E-state index < -0.39 is 23.6 Å². The van der Waals surface area contributed by atoms with E-state index in [2.05, 4.69) is 48.9 Å². The Bertz CT molecular complexity index is 3510. The Kier molecular flexibility index (Phi) is 13.3. The van der Waals surface area contributed by atoms with E-state index in [9.17, 15) is 19.2 Å². The van der Waals surface area contributed by atoms with Gasteiger partial charge < -0.3 is 24.2 Å². The third-order valence-electron chi connectivity index (χ3n) is 19.2. The fourth-order valence-corrected chi connectivity index (χ4v) is 14.9. The van der Waals surface area contributed by atoms with Crippen LogP contribution in [-0.4, -0.2) is 146 Å². The molecule has 7 aliphatic heterocycles. The van der Waals surface area contributed by atoms with E-state index in [1.54, 1.807) is 40.6 Å². The smallest absolute Gasteiger partial charge is 0.409 e. The largest absolute Gasteiger partial charge is 0.461 e. The minimum atomic E-state index is -0.723. The number of fused-ring (bicyclic) bond motifs is 6. The molecular formula is C60H67F2N11O6. The molecule has 1 N–H and O–H groups in total. The predicted octanol–water partition coefficient (Wildman–Crippen LogP) is 7.55. The third kappa shape index (κ3) is 9.02. The molecule has 0 aliphatic carbocycles. The highest BCUT2D eigenvalue weighted by molar-refractivity contribution is 6.03. The Hall–Kier alpha value is -7.17. The number of piperidine rings is 3. The van der Waals surface area contributed by atoms with Gasteiger partial charge in [0, 0.05) is 88.0 Å². The molecular weight excluding hydrogens is 1010 g/mol. The quantitative estimate of drug-likeness (QED) is 0.100. The van der Waals surface area contributed by atoms with Crippen LogP contribution < -0.4 is 25.5 Å². The van der Waals surface area contributed by atoms with Crippen LogP contribution >= 0.6 is 0 Å². The lowest BCUT2D eigenvalue weighted by atomic mass is 9.83. The summed E-state index contributed by atoms with van der Waals surface area (Å²) < 4.78 is 48.3. The van der Waals surface area contributed by atoms with Gasteiger partial charge in [0.2, 0.25) is 11.8 Å². The number of carbonyl (C=O) groups is 3. The molecule has 19 heteroatoms. The number of hydrogen-bond donors (Lipinski definition) is 1. The molecule has 7 aliphatic rings. The minimum Gasteiger partial charge on any atom is -0.461 e. The van der Waals surface area contributed by atoms with Gasteiger partial charge in [0.1, 0.15) is 42.1 Å². The number of nitrogens with one attached hydrogen (secondary N) is 1. The summed E-state index contributed by atoms with van der Waals surface area (Å²) in [4.78, 5) is 77.7. The standard InChI is InChI=1S/C60H67F2N11O6/c1-4-42-45(61)15-12-38-8-5-9-43(50(38)42)52-51(62)53-44(31-63-52)55(71-32-39-13-14-40(33-71)67(39)2)66-57(65-53)79-35-60-23-7-25-72(60)41(18-24-60)34-78-59(77)70-28-21-37(22-29-70)30-36-19-26-69(27-20-36)46-10-6-11-47-54(46)68(3)58(76)73(47)48-16-17-49(74)64-56(48)75/h1,5-6,8-12,15,31,36-37,39-41,48H,7,13-14,16-30,32-35H2,2-3H3,(H,64,74,75)/t39?,40?,41-,48?,60-/m0/s1. The zero-order valence-electron chi connectivity index (χ0n) is 45.0. The van der Waals surface area contributed by atoms with Gasteiger partial charge in [-0.2, -0.15) is 9.97 Å². The van der Waals surface area contributed by atoms with Crippen molar-refractivity contribution in [2.45, 2.75) is 113 Å². The second kappa shape index (κ2) is 20.5. The van der Waals surface area contributed by atoms with Crippen molar-refractivity contribution in [3.05, 3.63) is 82.4 Å². The minimum absolute atomic E-state index is 0.0199. The number of piperazine rings is 1. The summed E-state index contributed by atoms with van der Waals surface area (Å²) in [6, 6.07) is 14.2. The average molecular weight is 1080 g/mol. The van der Waals surface area contributed by atoms with Crippen LogP contribution in [0.15, 0.2) is 59.5 Å². The number of likely N-dealkylation sites (tertiary alicyclic amines) is 1. The number of nitrogens with zero attached hydrogens (tertiary/aromatic N) is 10. The molecule has 0 saturated carbocycles. The van der Waals surface area contributed by atoms with E-state index in [0.717, 1.165) is 115 Å². The number of terminal acetylenes is 1. The maximum atomic E-state index is 17.3. The number of aromatic nitrogens is 5. The van der Waals surface area contributed by atoms with Crippen LogP contribution in [0.5, 0.6) is 6.01 Å². The van der Waals surface area contributed by atoms with E-state index >= 15 is 8.78 Å². The van der Waals surface area contributed by atoms with Crippen molar-refractivity contribution >= 4 is 62.1 Å². The molecule has 7 fully saturated rings. The van der Waals surface area contributed by atoms with Crippen LogP contribution in [0.25, 0.3) is 44.0 Å². The number of amides is 3. The highest BCUT2D eigenvalue weighted by atomic mass is 19.1. The number of benzene rings is 3. The van der Waals surface area contributed by atoms with Crippen molar-refractivity contribution in [3.8, 4) is 29.6 Å². The first-order valence-electron chi connectivity index (χ1n) is 28.5. The first kappa shape index (κ1) is 51.3. The third-order valence-corrected chi connectivity index (χ3v) is 19.2. The average Bonchev–Trinajstić information content (AvgIpc) is 4.32. The molecule has 412 valence electrons. The number of halogens is 2. The predicted molar refractivity (Wildman–Crippen MR) is 296 cm³/mol. The molecule has 13 rings (SSSR count). The van der Waals surface area contributed by atoms with Gasteiger partial charge in [-0.1, -0.05) is 36.3 Å². The summed E-state index contributed by atoms with van der Waals surface area (Å²) >= 11 is 0. The van der Waals surface area contributed by atoms with Crippen molar-refractivity contribution in [2.75, 3.05) is 75.9 Å². The lowest BCUT2D eigenvalue weighted by Gasteiger charge is -2.40. The summed E-state index contributed by atoms with van der Waals surface area (Å²) in [5.74, 6) is 2.19. The van der Waals surface area contributed by atoms with E-state index in [-0.39, 0.29) is 58.5 Å². The van der Waals surface area contributed by atoms with Gasteiger partial charge in [0.05, 0.1) is 33.2 Å². The number of anilines is 2. The zero-order chi connectivity index (χ0) is 54.3. The monoisotopic (exact) mass is 1080 g/mol. The first-order valence-corrected chi connectivity index (χ1v) is 28.5. The Balaban J connectivity index is 0.636. The first-order chi connectivity index (χ1) is 38.4. The van der Waals surface area contributed by atoms with E-state index in [4.69, 9.17) is 25.9 Å². The molecule has 10 heterocycles.